The summed E-state index contributed by atoms with van der Waals surface area (Å²) < 4.78 is 38.3. The van der Waals surface area contributed by atoms with Gasteiger partial charge in [-0.05, 0) is 61.1 Å². The molecule has 1 fully saturated rings. The molecule has 0 amide bonds. The predicted octanol–water partition coefficient (Wildman–Crippen LogP) is 3.41. The first-order valence-corrected chi connectivity index (χ1v) is 11.6. The second kappa shape index (κ2) is 7.52. The van der Waals surface area contributed by atoms with Crippen molar-refractivity contribution in [3.05, 3.63) is 59.5 Å². The number of hydrogen-bond acceptors (Lipinski definition) is 6. The van der Waals surface area contributed by atoms with Gasteiger partial charge in [-0.25, -0.2) is 8.42 Å². The number of hydrogen-bond donors (Lipinski definition) is 0. The molecule has 2 heterocycles. The van der Waals surface area contributed by atoms with E-state index in [1.807, 2.05) is 36.4 Å². The van der Waals surface area contributed by atoms with Gasteiger partial charge in [-0.15, -0.1) is 0 Å². The molecule has 1 aliphatic carbocycles. The molecule has 5 rings (SSSR count). The first kappa shape index (κ1) is 19.3. The molecule has 1 aliphatic heterocycles. The van der Waals surface area contributed by atoms with Gasteiger partial charge in [-0.3, -0.25) is 0 Å². The molecule has 0 spiro atoms. The van der Waals surface area contributed by atoms with Crippen molar-refractivity contribution in [3.8, 4) is 17.1 Å². The van der Waals surface area contributed by atoms with Crippen molar-refractivity contribution in [3.63, 3.8) is 0 Å². The molecule has 2 aromatic carbocycles. The standard InChI is InChI=1S/C22H23N3O4S/c1-28-20-9-5-4-8-19(20)21-23-22(29-24-21)17-13-25(14-17)30(26,27)18-11-10-15-6-2-3-7-16(15)12-18/h4-5,8-12,17H,2-3,6-7,13-14H2,1H3. The summed E-state index contributed by atoms with van der Waals surface area (Å²) in [5.41, 5.74) is 3.18. The van der Waals surface area contributed by atoms with Crippen molar-refractivity contribution in [2.24, 2.45) is 0 Å². The van der Waals surface area contributed by atoms with E-state index in [2.05, 4.69) is 10.1 Å². The number of fused-ring (bicyclic) bond motifs is 1. The fourth-order valence-corrected chi connectivity index (χ4v) is 5.73. The smallest absolute Gasteiger partial charge is 0.243 e. The first-order valence-electron chi connectivity index (χ1n) is 10.2. The Morgan fingerprint density at radius 3 is 2.63 bits per heavy atom. The average Bonchev–Trinajstić information content (AvgIpc) is 3.21. The summed E-state index contributed by atoms with van der Waals surface area (Å²) in [6, 6.07) is 13.0. The molecule has 3 aromatic rings. The molecular formula is C22H23N3O4S. The van der Waals surface area contributed by atoms with Gasteiger partial charge >= 0.3 is 0 Å². The Morgan fingerprint density at radius 2 is 1.83 bits per heavy atom. The van der Waals surface area contributed by atoms with Gasteiger partial charge in [0.1, 0.15) is 5.75 Å². The van der Waals surface area contributed by atoms with Crippen LogP contribution in [-0.4, -0.2) is 43.1 Å². The average molecular weight is 426 g/mol. The minimum atomic E-state index is -3.51. The van der Waals surface area contributed by atoms with Crippen molar-refractivity contribution >= 4 is 10.0 Å². The quantitative estimate of drug-likeness (QED) is 0.623. The topological polar surface area (TPSA) is 85.5 Å². The summed E-state index contributed by atoms with van der Waals surface area (Å²) in [5.74, 6) is 1.45. The van der Waals surface area contributed by atoms with Gasteiger partial charge in [0, 0.05) is 13.1 Å². The van der Waals surface area contributed by atoms with Crippen LogP contribution in [0.15, 0.2) is 51.9 Å². The van der Waals surface area contributed by atoms with Gasteiger partial charge in [-0.1, -0.05) is 23.4 Å². The van der Waals surface area contributed by atoms with Crippen molar-refractivity contribution in [1.29, 1.82) is 0 Å². The highest BCUT2D eigenvalue weighted by molar-refractivity contribution is 7.89. The zero-order valence-electron chi connectivity index (χ0n) is 16.7. The summed E-state index contributed by atoms with van der Waals surface area (Å²) in [6.45, 7) is 0.681. The van der Waals surface area contributed by atoms with Crippen molar-refractivity contribution in [1.82, 2.24) is 14.4 Å². The summed E-state index contributed by atoms with van der Waals surface area (Å²) in [4.78, 5) is 4.86. The van der Waals surface area contributed by atoms with E-state index in [4.69, 9.17) is 9.26 Å². The zero-order chi connectivity index (χ0) is 20.7. The summed E-state index contributed by atoms with van der Waals surface area (Å²) in [5, 5.41) is 4.06. The Bertz CT molecular complexity index is 1180. The van der Waals surface area contributed by atoms with Crippen molar-refractivity contribution < 1.29 is 17.7 Å². The number of aromatic nitrogens is 2. The molecule has 0 atom stereocenters. The van der Waals surface area contributed by atoms with E-state index >= 15 is 0 Å². The SMILES string of the molecule is COc1ccccc1-c1noc(C2CN(S(=O)(=O)c3ccc4c(c3)CCCC4)C2)n1. The second-order valence-corrected chi connectivity index (χ2v) is 9.75. The maximum atomic E-state index is 13.0. The Labute approximate surface area is 175 Å². The summed E-state index contributed by atoms with van der Waals surface area (Å²) in [7, 11) is -1.92. The molecule has 0 saturated carbocycles. The number of benzene rings is 2. The highest BCUT2D eigenvalue weighted by atomic mass is 32.2. The molecule has 8 heteroatoms. The lowest BCUT2D eigenvalue weighted by Crippen LogP contribution is -2.48. The Morgan fingerprint density at radius 1 is 1.07 bits per heavy atom. The van der Waals surface area contributed by atoms with E-state index in [-0.39, 0.29) is 5.92 Å². The Kier molecular flexibility index (Phi) is 4.83. The van der Waals surface area contributed by atoms with E-state index < -0.39 is 10.0 Å². The van der Waals surface area contributed by atoms with Crippen LogP contribution in [0, 0.1) is 0 Å². The maximum absolute atomic E-state index is 13.0. The van der Waals surface area contributed by atoms with Crippen LogP contribution in [0.3, 0.4) is 0 Å². The van der Waals surface area contributed by atoms with E-state index in [0.717, 1.165) is 30.4 Å². The van der Waals surface area contributed by atoms with Crippen molar-refractivity contribution in [2.75, 3.05) is 20.2 Å². The fraction of sp³-hybridized carbons (Fsp3) is 0.364. The fourth-order valence-electron chi connectivity index (χ4n) is 4.15. The highest BCUT2D eigenvalue weighted by Crippen LogP contribution is 2.34. The molecule has 156 valence electrons. The lowest BCUT2D eigenvalue weighted by molar-refractivity contribution is 0.217. The van der Waals surface area contributed by atoms with Crippen LogP contribution in [0.2, 0.25) is 0 Å². The Balaban J connectivity index is 1.31. The summed E-state index contributed by atoms with van der Waals surface area (Å²) >= 11 is 0. The zero-order valence-corrected chi connectivity index (χ0v) is 17.6. The molecule has 0 unspecified atom stereocenters. The van der Waals surface area contributed by atoms with E-state index in [0.29, 0.717) is 35.4 Å². The maximum Gasteiger partial charge on any atom is 0.243 e. The third-order valence-electron chi connectivity index (χ3n) is 5.94. The largest absolute Gasteiger partial charge is 0.496 e. The number of ether oxygens (including phenoxy) is 1. The number of methoxy groups -OCH3 is 1. The molecule has 0 radical (unpaired) electrons. The van der Waals surface area contributed by atoms with E-state index in [1.165, 1.54) is 16.3 Å². The lowest BCUT2D eigenvalue weighted by Gasteiger charge is -2.36. The minimum Gasteiger partial charge on any atom is -0.496 e. The molecule has 1 saturated heterocycles. The first-order chi connectivity index (χ1) is 14.6. The van der Waals surface area contributed by atoms with Gasteiger partial charge < -0.3 is 9.26 Å². The van der Waals surface area contributed by atoms with Gasteiger partial charge in [-0.2, -0.15) is 9.29 Å². The number of aryl methyl sites for hydroxylation is 2. The van der Waals surface area contributed by atoms with E-state index in [1.54, 1.807) is 13.2 Å². The van der Waals surface area contributed by atoms with E-state index in [9.17, 15) is 8.42 Å². The summed E-state index contributed by atoms with van der Waals surface area (Å²) in [6.07, 6.45) is 4.28. The van der Waals surface area contributed by atoms with Crippen molar-refractivity contribution in [2.45, 2.75) is 36.5 Å². The molecule has 1 aromatic heterocycles. The number of nitrogens with zero attached hydrogens (tertiary/aromatic N) is 3. The van der Waals surface area contributed by atoms with Crippen LogP contribution < -0.4 is 4.74 Å². The molecule has 0 bridgehead atoms. The highest BCUT2D eigenvalue weighted by Gasteiger charge is 2.40. The van der Waals surface area contributed by atoms with Crippen LogP contribution in [-0.2, 0) is 22.9 Å². The minimum absolute atomic E-state index is 0.103. The molecule has 2 aliphatic rings. The van der Waals surface area contributed by atoms with Crippen LogP contribution >= 0.6 is 0 Å². The van der Waals surface area contributed by atoms with Crippen LogP contribution in [0.1, 0.15) is 35.8 Å². The number of para-hydroxylation sites is 1. The van der Waals surface area contributed by atoms with Crippen LogP contribution in [0.4, 0.5) is 0 Å². The predicted molar refractivity (Wildman–Crippen MR) is 111 cm³/mol. The Hall–Kier alpha value is -2.71. The number of rotatable bonds is 5. The van der Waals surface area contributed by atoms with Gasteiger partial charge in [0.25, 0.3) is 0 Å². The molecular weight excluding hydrogens is 402 g/mol. The normalized spacial score (nSPS) is 17.4. The third kappa shape index (κ3) is 3.30. The van der Waals surface area contributed by atoms with Gasteiger partial charge in [0.15, 0.2) is 0 Å². The molecule has 0 N–H and O–H groups in total. The van der Waals surface area contributed by atoms with Crippen LogP contribution in [0.25, 0.3) is 11.4 Å². The van der Waals surface area contributed by atoms with Gasteiger partial charge in [0.2, 0.25) is 21.7 Å². The molecule has 30 heavy (non-hydrogen) atoms. The number of sulfonamides is 1. The third-order valence-corrected chi connectivity index (χ3v) is 7.77. The monoisotopic (exact) mass is 425 g/mol. The van der Waals surface area contributed by atoms with Gasteiger partial charge in [0.05, 0.1) is 23.5 Å². The second-order valence-electron chi connectivity index (χ2n) is 7.81. The lowest BCUT2D eigenvalue weighted by atomic mass is 9.92. The molecule has 7 nitrogen and oxygen atoms in total. The van der Waals surface area contributed by atoms with Crippen LogP contribution in [0.5, 0.6) is 5.75 Å².